The van der Waals surface area contributed by atoms with Crippen LogP contribution in [-0.2, 0) is 6.42 Å². The summed E-state index contributed by atoms with van der Waals surface area (Å²) in [6.07, 6.45) is 1.72. The molecule has 0 saturated carbocycles. The summed E-state index contributed by atoms with van der Waals surface area (Å²) < 4.78 is 1.65. The molecule has 3 heteroatoms. The zero-order valence-electron chi connectivity index (χ0n) is 13.9. The van der Waals surface area contributed by atoms with Crippen LogP contribution in [-0.4, -0.2) is 9.78 Å². The second-order valence-corrected chi connectivity index (χ2v) is 6.06. The summed E-state index contributed by atoms with van der Waals surface area (Å²) in [4.78, 5) is 12.9. The molecule has 0 saturated heterocycles. The fourth-order valence-corrected chi connectivity index (χ4v) is 2.87. The van der Waals surface area contributed by atoms with Gasteiger partial charge in [-0.2, -0.15) is 0 Å². The summed E-state index contributed by atoms with van der Waals surface area (Å²) in [6, 6.07) is 16.3. The number of aryl methyl sites for hydroxylation is 2. The van der Waals surface area contributed by atoms with E-state index < -0.39 is 0 Å². The SMILES string of the molecule is CCCc1c(-c2cccc(C)c2)[nH]n(-c2ccc(C)cc2)c1=O. The number of benzene rings is 2. The van der Waals surface area contributed by atoms with E-state index in [4.69, 9.17) is 0 Å². The Bertz CT molecular complexity index is 869. The van der Waals surface area contributed by atoms with Gasteiger partial charge in [-0.25, -0.2) is 4.68 Å². The molecule has 3 rings (SSSR count). The normalized spacial score (nSPS) is 10.9. The lowest BCUT2D eigenvalue weighted by molar-refractivity contribution is 0.842. The summed E-state index contributed by atoms with van der Waals surface area (Å²) in [5.74, 6) is 0. The van der Waals surface area contributed by atoms with Crippen LogP contribution >= 0.6 is 0 Å². The highest BCUT2D eigenvalue weighted by molar-refractivity contribution is 5.64. The Hall–Kier alpha value is -2.55. The Kier molecular flexibility index (Phi) is 4.20. The summed E-state index contributed by atoms with van der Waals surface area (Å²) in [5, 5.41) is 3.32. The summed E-state index contributed by atoms with van der Waals surface area (Å²) in [6.45, 7) is 6.21. The average molecular weight is 306 g/mol. The molecule has 1 aromatic heterocycles. The molecule has 3 aromatic rings. The van der Waals surface area contributed by atoms with E-state index in [0.717, 1.165) is 35.3 Å². The maximum Gasteiger partial charge on any atom is 0.275 e. The fraction of sp³-hybridized carbons (Fsp3) is 0.250. The topological polar surface area (TPSA) is 37.8 Å². The van der Waals surface area contributed by atoms with E-state index >= 15 is 0 Å². The van der Waals surface area contributed by atoms with Gasteiger partial charge in [0.05, 0.1) is 11.4 Å². The molecule has 0 spiro atoms. The van der Waals surface area contributed by atoms with E-state index in [1.165, 1.54) is 11.1 Å². The largest absolute Gasteiger partial charge is 0.290 e. The number of hydrogen-bond acceptors (Lipinski definition) is 1. The second-order valence-electron chi connectivity index (χ2n) is 6.06. The predicted octanol–water partition coefficient (Wildman–Crippen LogP) is 4.40. The van der Waals surface area contributed by atoms with Crippen molar-refractivity contribution in [1.82, 2.24) is 9.78 Å². The Balaban J connectivity index is 2.18. The van der Waals surface area contributed by atoms with Crippen molar-refractivity contribution < 1.29 is 0 Å². The molecule has 0 unspecified atom stereocenters. The van der Waals surface area contributed by atoms with Gasteiger partial charge < -0.3 is 0 Å². The minimum absolute atomic E-state index is 0.0483. The van der Waals surface area contributed by atoms with Gasteiger partial charge >= 0.3 is 0 Å². The summed E-state index contributed by atoms with van der Waals surface area (Å²) >= 11 is 0. The third kappa shape index (κ3) is 3.00. The lowest BCUT2D eigenvalue weighted by atomic mass is 10.0. The van der Waals surface area contributed by atoms with E-state index in [1.54, 1.807) is 4.68 Å². The molecule has 1 heterocycles. The minimum Gasteiger partial charge on any atom is -0.290 e. The first kappa shape index (κ1) is 15.3. The van der Waals surface area contributed by atoms with Gasteiger partial charge in [0.1, 0.15) is 0 Å². The highest BCUT2D eigenvalue weighted by atomic mass is 16.1. The number of aromatic amines is 1. The first-order valence-corrected chi connectivity index (χ1v) is 8.08. The standard InChI is InChI=1S/C20H22N2O/c1-4-6-18-19(16-8-5-7-15(3)13-16)21-22(20(18)23)17-11-9-14(2)10-12-17/h5,7-13,21H,4,6H2,1-3H3. The van der Waals surface area contributed by atoms with E-state index in [0.29, 0.717) is 0 Å². The van der Waals surface area contributed by atoms with Crippen molar-refractivity contribution in [3.63, 3.8) is 0 Å². The highest BCUT2D eigenvalue weighted by Gasteiger charge is 2.16. The Morgan fingerprint density at radius 3 is 2.39 bits per heavy atom. The molecule has 2 aromatic carbocycles. The van der Waals surface area contributed by atoms with Crippen LogP contribution < -0.4 is 5.56 Å². The monoisotopic (exact) mass is 306 g/mol. The fourth-order valence-electron chi connectivity index (χ4n) is 2.87. The third-order valence-corrected chi connectivity index (χ3v) is 4.09. The predicted molar refractivity (Wildman–Crippen MR) is 95.3 cm³/mol. The van der Waals surface area contributed by atoms with E-state index in [9.17, 15) is 4.79 Å². The van der Waals surface area contributed by atoms with Crippen LogP contribution in [0.5, 0.6) is 0 Å². The third-order valence-electron chi connectivity index (χ3n) is 4.09. The molecule has 0 amide bonds. The Morgan fingerprint density at radius 1 is 1.00 bits per heavy atom. The summed E-state index contributed by atoms with van der Waals surface area (Å²) in [7, 11) is 0. The molecule has 1 N–H and O–H groups in total. The van der Waals surface area contributed by atoms with E-state index in [-0.39, 0.29) is 5.56 Å². The zero-order chi connectivity index (χ0) is 16.4. The van der Waals surface area contributed by atoms with Crippen LogP contribution in [0.15, 0.2) is 53.3 Å². The maximum absolute atomic E-state index is 12.9. The smallest absolute Gasteiger partial charge is 0.275 e. The molecule has 0 aliphatic heterocycles. The van der Waals surface area contributed by atoms with Crippen LogP contribution in [0, 0.1) is 13.8 Å². The van der Waals surface area contributed by atoms with Gasteiger partial charge in [0, 0.05) is 11.1 Å². The lowest BCUT2D eigenvalue weighted by Crippen LogP contribution is -2.17. The molecule has 23 heavy (non-hydrogen) atoms. The van der Waals surface area contributed by atoms with Crippen molar-refractivity contribution in [2.45, 2.75) is 33.6 Å². The van der Waals surface area contributed by atoms with Crippen molar-refractivity contribution in [1.29, 1.82) is 0 Å². The molecule has 0 fully saturated rings. The van der Waals surface area contributed by atoms with Crippen molar-refractivity contribution >= 4 is 0 Å². The van der Waals surface area contributed by atoms with E-state index in [1.807, 2.05) is 37.3 Å². The molecule has 118 valence electrons. The number of nitrogens with one attached hydrogen (secondary N) is 1. The zero-order valence-corrected chi connectivity index (χ0v) is 13.9. The Labute approximate surface area is 136 Å². The first-order valence-electron chi connectivity index (χ1n) is 8.08. The van der Waals surface area contributed by atoms with Crippen LogP contribution in [0.4, 0.5) is 0 Å². The van der Waals surface area contributed by atoms with Gasteiger partial charge in [-0.1, -0.05) is 54.8 Å². The molecule has 0 atom stereocenters. The van der Waals surface area contributed by atoms with Gasteiger partial charge in [0.2, 0.25) is 0 Å². The minimum atomic E-state index is 0.0483. The highest BCUT2D eigenvalue weighted by Crippen LogP contribution is 2.23. The molecule has 3 nitrogen and oxygen atoms in total. The summed E-state index contributed by atoms with van der Waals surface area (Å²) in [5.41, 5.74) is 6.15. The van der Waals surface area contributed by atoms with Crippen LogP contribution in [0.2, 0.25) is 0 Å². The van der Waals surface area contributed by atoms with E-state index in [2.05, 4.69) is 37.1 Å². The number of aromatic nitrogens is 2. The van der Waals surface area contributed by atoms with Crippen molar-refractivity contribution in [2.75, 3.05) is 0 Å². The lowest BCUT2D eigenvalue weighted by Gasteiger charge is -2.04. The quantitative estimate of drug-likeness (QED) is 0.762. The van der Waals surface area contributed by atoms with Crippen LogP contribution in [0.1, 0.15) is 30.0 Å². The number of rotatable bonds is 4. The van der Waals surface area contributed by atoms with Gasteiger partial charge in [0.25, 0.3) is 5.56 Å². The Morgan fingerprint density at radius 2 is 1.74 bits per heavy atom. The average Bonchev–Trinajstić information content (AvgIpc) is 2.86. The molecule has 0 radical (unpaired) electrons. The molecule has 0 bridgehead atoms. The second kappa shape index (κ2) is 6.29. The maximum atomic E-state index is 12.9. The molecule has 0 aliphatic carbocycles. The number of H-pyrrole nitrogens is 1. The van der Waals surface area contributed by atoms with Gasteiger partial charge in [0.15, 0.2) is 0 Å². The van der Waals surface area contributed by atoms with Crippen LogP contribution in [0.25, 0.3) is 16.9 Å². The van der Waals surface area contributed by atoms with Gasteiger partial charge in [-0.15, -0.1) is 0 Å². The van der Waals surface area contributed by atoms with Gasteiger partial charge in [-0.3, -0.25) is 9.89 Å². The van der Waals surface area contributed by atoms with Crippen LogP contribution in [0.3, 0.4) is 0 Å². The van der Waals surface area contributed by atoms with Crippen molar-refractivity contribution in [3.05, 3.63) is 75.6 Å². The molecular formula is C20H22N2O. The first-order chi connectivity index (χ1) is 11.1. The number of nitrogens with zero attached hydrogens (tertiary/aromatic N) is 1. The molecular weight excluding hydrogens is 284 g/mol. The van der Waals surface area contributed by atoms with Crippen molar-refractivity contribution in [2.24, 2.45) is 0 Å². The van der Waals surface area contributed by atoms with Gasteiger partial charge in [-0.05, 0) is 38.5 Å². The number of hydrogen-bond donors (Lipinski definition) is 1. The molecule has 0 aliphatic rings. The van der Waals surface area contributed by atoms with Crippen molar-refractivity contribution in [3.8, 4) is 16.9 Å².